The number of benzene rings is 1. The van der Waals surface area contributed by atoms with E-state index in [-0.39, 0.29) is 0 Å². The van der Waals surface area contributed by atoms with Gasteiger partial charge in [0.15, 0.2) is 0 Å². The van der Waals surface area contributed by atoms with Crippen LogP contribution >= 0.6 is 0 Å². The highest BCUT2D eigenvalue weighted by Gasteiger charge is 2.07. The van der Waals surface area contributed by atoms with Crippen LogP contribution in [0.4, 0.5) is 0 Å². The van der Waals surface area contributed by atoms with Gasteiger partial charge >= 0.3 is 0 Å². The molecule has 3 nitrogen and oxygen atoms in total. The van der Waals surface area contributed by atoms with E-state index >= 15 is 0 Å². The lowest BCUT2D eigenvalue weighted by Crippen LogP contribution is -2.07. The fourth-order valence-corrected chi connectivity index (χ4v) is 1.83. The first-order valence-electron chi connectivity index (χ1n) is 6.30. The molecule has 1 aromatic carbocycles. The number of imidazole rings is 1. The topological polar surface area (TPSA) is 27.1 Å². The Hall–Kier alpha value is -1.35. The van der Waals surface area contributed by atoms with Crippen LogP contribution in [0.3, 0.4) is 0 Å². The van der Waals surface area contributed by atoms with Gasteiger partial charge < -0.3 is 9.30 Å². The molecule has 2 aromatic rings. The lowest BCUT2D eigenvalue weighted by molar-refractivity contribution is 0.187. The van der Waals surface area contributed by atoms with Crippen LogP contribution in [0.1, 0.15) is 26.6 Å². The second-order valence-electron chi connectivity index (χ2n) is 3.51. The number of aromatic nitrogens is 2. The summed E-state index contributed by atoms with van der Waals surface area (Å²) in [7, 11) is 1.73. The largest absolute Gasteiger partial charge is 0.383 e. The molecule has 0 unspecified atom stereocenters. The number of aryl methyl sites for hydroxylation is 1. The molecule has 0 bridgehead atoms. The SMILES string of the molecule is CC.CCc1nc2ccccc2n1CCOC. The van der Waals surface area contributed by atoms with Crippen molar-refractivity contribution in [3.63, 3.8) is 0 Å². The standard InChI is InChI=1S/C12H16N2O.C2H6/c1-3-12-13-10-6-4-5-7-11(10)14(12)8-9-15-2;1-2/h4-7H,3,8-9H2,1-2H3;1-2H3. The summed E-state index contributed by atoms with van der Waals surface area (Å²) in [6, 6.07) is 8.23. The van der Waals surface area contributed by atoms with Crippen LogP contribution in [0, 0.1) is 0 Å². The van der Waals surface area contributed by atoms with Crippen molar-refractivity contribution in [1.82, 2.24) is 9.55 Å². The van der Waals surface area contributed by atoms with Gasteiger partial charge in [0.2, 0.25) is 0 Å². The van der Waals surface area contributed by atoms with E-state index in [1.54, 1.807) is 7.11 Å². The number of ether oxygens (including phenoxy) is 1. The Labute approximate surface area is 103 Å². The van der Waals surface area contributed by atoms with Crippen LogP contribution in [0.15, 0.2) is 24.3 Å². The van der Waals surface area contributed by atoms with Crippen LogP contribution in [-0.2, 0) is 17.7 Å². The van der Waals surface area contributed by atoms with Crippen LogP contribution in [0.2, 0.25) is 0 Å². The first-order chi connectivity index (χ1) is 8.36. The van der Waals surface area contributed by atoms with Crippen LogP contribution in [-0.4, -0.2) is 23.3 Å². The van der Waals surface area contributed by atoms with Crippen LogP contribution in [0.5, 0.6) is 0 Å². The van der Waals surface area contributed by atoms with Crippen molar-refractivity contribution in [1.29, 1.82) is 0 Å². The van der Waals surface area contributed by atoms with Gasteiger partial charge in [0.05, 0.1) is 17.6 Å². The van der Waals surface area contributed by atoms with Crippen molar-refractivity contribution >= 4 is 11.0 Å². The van der Waals surface area contributed by atoms with Crippen molar-refractivity contribution in [2.45, 2.75) is 33.7 Å². The van der Waals surface area contributed by atoms with E-state index in [0.29, 0.717) is 0 Å². The molecule has 0 saturated carbocycles. The monoisotopic (exact) mass is 234 g/mol. The van der Waals surface area contributed by atoms with Gasteiger partial charge in [-0.3, -0.25) is 0 Å². The second kappa shape index (κ2) is 7.07. The molecule has 0 fully saturated rings. The molecule has 0 amide bonds. The Kier molecular flexibility index (Phi) is 5.70. The number of hydrogen-bond acceptors (Lipinski definition) is 2. The van der Waals surface area contributed by atoms with E-state index in [4.69, 9.17) is 4.74 Å². The van der Waals surface area contributed by atoms with Crippen LogP contribution < -0.4 is 0 Å². The summed E-state index contributed by atoms with van der Waals surface area (Å²) in [4.78, 5) is 4.59. The minimum atomic E-state index is 0.730. The summed E-state index contributed by atoms with van der Waals surface area (Å²) in [6.45, 7) is 7.73. The summed E-state index contributed by atoms with van der Waals surface area (Å²) in [5.41, 5.74) is 2.27. The lowest BCUT2D eigenvalue weighted by atomic mass is 10.3. The fourth-order valence-electron chi connectivity index (χ4n) is 1.83. The third-order valence-electron chi connectivity index (χ3n) is 2.57. The molecule has 1 heterocycles. The highest BCUT2D eigenvalue weighted by atomic mass is 16.5. The molecule has 2 rings (SSSR count). The van der Waals surface area contributed by atoms with E-state index in [9.17, 15) is 0 Å². The van der Waals surface area contributed by atoms with E-state index in [1.807, 2.05) is 26.0 Å². The normalized spacial score (nSPS) is 10.1. The number of para-hydroxylation sites is 2. The Bertz CT molecular complexity index is 448. The Morgan fingerprint density at radius 2 is 1.94 bits per heavy atom. The zero-order valence-electron chi connectivity index (χ0n) is 11.2. The molecule has 1 aromatic heterocycles. The molecule has 17 heavy (non-hydrogen) atoms. The number of nitrogens with zero attached hydrogens (tertiary/aromatic N) is 2. The number of hydrogen-bond donors (Lipinski definition) is 0. The average Bonchev–Trinajstić information content (AvgIpc) is 2.76. The number of methoxy groups -OCH3 is 1. The molecular formula is C14H22N2O. The molecule has 0 saturated heterocycles. The van der Waals surface area contributed by atoms with Gasteiger partial charge in [-0.2, -0.15) is 0 Å². The van der Waals surface area contributed by atoms with Crippen molar-refractivity contribution in [2.75, 3.05) is 13.7 Å². The third kappa shape index (κ3) is 3.07. The highest BCUT2D eigenvalue weighted by Crippen LogP contribution is 2.16. The Morgan fingerprint density at radius 1 is 1.24 bits per heavy atom. The van der Waals surface area contributed by atoms with E-state index in [1.165, 1.54) is 5.52 Å². The Balaban J connectivity index is 0.000000686. The van der Waals surface area contributed by atoms with E-state index in [0.717, 1.165) is 30.9 Å². The molecule has 0 spiro atoms. The fraction of sp³-hybridized carbons (Fsp3) is 0.500. The smallest absolute Gasteiger partial charge is 0.109 e. The molecule has 94 valence electrons. The lowest BCUT2D eigenvalue weighted by Gasteiger charge is -2.06. The predicted octanol–water partition coefficient (Wildman–Crippen LogP) is 3.27. The first-order valence-corrected chi connectivity index (χ1v) is 6.30. The van der Waals surface area contributed by atoms with E-state index in [2.05, 4.69) is 28.6 Å². The highest BCUT2D eigenvalue weighted by molar-refractivity contribution is 5.75. The minimum Gasteiger partial charge on any atom is -0.383 e. The van der Waals surface area contributed by atoms with Crippen molar-refractivity contribution in [3.05, 3.63) is 30.1 Å². The molecule has 0 aliphatic heterocycles. The molecule has 0 radical (unpaired) electrons. The molecule has 0 aliphatic rings. The van der Waals surface area contributed by atoms with Crippen molar-refractivity contribution in [2.24, 2.45) is 0 Å². The maximum Gasteiger partial charge on any atom is 0.109 e. The first kappa shape index (κ1) is 13.7. The predicted molar refractivity (Wildman–Crippen MR) is 72.3 cm³/mol. The second-order valence-corrected chi connectivity index (χ2v) is 3.51. The molecule has 0 atom stereocenters. The zero-order valence-corrected chi connectivity index (χ0v) is 11.2. The summed E-state index contributed by atoms with van der Waals surface area (Å²) < 4.78 is 7.35. The van der Waals surface area contributed by atoms with Gasteiger partial charge in [-0.05, 0) is 12.1 Å². The molecule has 3 heteroatoms. The minimum absolute atomic E-state index is 0.730. The summed E-state index contributed by atoms with van der Waals surface area (Å²) in [5, 5.41) is 0. The molecule has 0 N–H and O–H groups in total. The summed E-state index contributed by atoms with van der Waals surface area (Å²) >= 11 is 0. The van der Waals surface area contributed by atoms with Gasteiger partial charge in [-0.1, -0.05) is 32.9 Å². The molecule has 0 aliphatic carbocycles. The maximum absolute atomic E-state index is 5.11. The third-order valence-corrected chi connectivity index (χ3v) is 2.57. The summed E-state index contributed by atoms with van der Waals surface area (Å²) in [6.07, 6.45) is 0.957. The van der Waals surface area contributed by atoms with Gasteiger partial charge in [-0.15, -0.1) is 0 Å². The van der Waals surface area contributed by atoms with Crippen molar-refractivity contribution < 1.29 is 4.74 Å². The zero-order chi connectivity index (χ0) is 12.7. The van der Waals surface area contributed by atoms with Gasteiger partial charge in [0, 0.05) is 20.1 Å². The van der Waals surface area contributed by atoms with Gasteiger partial charge in [0.1, 0.15) is 5.82 Å². The molecular weight excluding hydrogens is 212 g/mol. The maximum atomic E-state index is 5.11. The number of rotatable bonds is 4. The van der Waals surface area contributed by atoms with Crippen molar-refractivity contribution in [3.8, 4) is 0 Å². The average molecular weight is 234 g/mol. The quantitative estimate of drug-likeness (QED) is 0.811. The summed E-state index contributed by atoms with van der Waals surface area (Å²) in [5.74, 6) is 1.13. The van der Waals surface area contributed by atoms with Crippen LogP contribution in [0.25, 0.3) is 11.0 Å². The van der Waals surface area contributed by atoms with E-state index < -0.39 is 0 Å². The van der Waals surface area contributed by atoms with Gasteiger partial charge in [0.25, 0.3) is 0 Å². The van der Waals surface area contributed by atoms with Gasteiger partial charge in [-0.25, -0.2) is 4.98 Å². The Morgan fingerprint density at radius 3 is 2.59 bits per heavy atom. The number of fused-ring (bicyclic) bond motifs is 1.